The number of ether oxygens (including phenoxy) is 1. The molecule has 0 aliphatic heterocycles. The first-order chi connectivity index (χ1) is 11.5. The molecule has 3 aromatic rings. The molecule has 0 spiro atoms. The zero-order valence-corrected chi connectivity index (χ0v) is 14.6. The lowest BCUT2D eigenvalue weighted by molar-refractivity contribution is 0.301. The molecule has 2 heterocycles. The molecule has 24 heavy (non-hydrogen) atoms. The number of pyridine rings is 1. The molecule has 0 radical (unpaired) electrons. The van der Waals surface area contributed by atoms with Gasteiger partial charge in [-0.15, -0.1) is 11.3 Å². The van der Waals surface area contributed by atoms with E-state index in [-0.39, 0.29) is 0 Å². The second-order valence-corrected chi connectivity index (χ2v) is 8.31. The van der Waals surface area contributed by atoms with Crippen LogP contribution in [0.5, 0.6) is 5.75 Å². The topological polar surface area (TPSA) is 68.3 Å². The normalized spacial score (nSPS) is 11.2. The monoisotopic (exact) mass is 360 g/mol. The number of aromatic nitrogens is 1. The molecule has 0 atom stereocenters. The second-order valence-electron chi connectivity index (χ2n) is 5.11. The highest BCUT2D eigenvalue weighted by molar-refractivity contribution is 7.94. The van der Waals surface area contributed by atoms with Crippen molar-refractivity contribution in [2.75, 3.05) is 4.72 Å². The van der Waals surface area contributed by atoms with Gasteiger partial charge in [0.05, 0.1) is 11.4 Å². The highest BCUT2D eigenvalue weighted by Crippen LogP contribution is 2.25. The van der Waals surface area contributed by atoms with E-state index in [2.05, 4.69) is 9.71 Å². The molecule has 0 aliphatic carbocycles. The van der Waals surface area contributed by atoms with Gasteiger partial charge in [-0.25, -0.2) is 8.42 Å². The van der Waals surface area contributed by atoms with Gasteiger partial charge < -0.3 is 4.74 Å². The molecule has 0 aliphatic rings. The van der Waals surface area contributed by atoms with E-state index >= 15 is 0 Å². The van der Waals surface area contributed by atoms with Crippen LogP contribution in [0.15, 0.2) is 65.0 Å². The number of rotatable bonds is 6. The highest BCUT2D eigenvalue weighted by atomic mass is 32.2. The lowest BCUT2D eigenvalue weighted by Crippen LogP contribution is -2.11. The predicted molar refractivity (Wildman–Crippen MR) is 94.9 cm³/mol. The zero-order chi connectivity index (χ0) is 17.0. The fourth-order valence-electron chi connectivity index (χ4n) is 2.05. The molecule has 124 valence electrons. The third-order valence-electron chi connectivity index (χ3n) is 3.18. The minimum atomic E-state index is -3.58. The molecular formula is C17H16N2O3S2. The Labute approximate surface area is 145 Å². The Morgan fingerprint density at radius 3 is 2.71 bits per heavy atom. The number of thiophene rings is 1. The van der Waals surface area contributed by atoms with E-state index in [1.54, 1.807) is 42.6 Å². The summed E-state index contributed by atoms with van der Waals surface area (Å²) < 4.78 is 33.2. The van der Waals surface area contributed by atoms with Gasteiger partial charge in [0.15, 0.2) is 0 Å². The van der Waals surface area contributed by atoms with Crippen LogP contribution in [0.25, 0.3) is 0 Å². The minimum absolute atomic E-state index is 0.291. The summed E-state index contributed by atoms with van der Waals surface area (Å²) in [5.41, 5.74) is 1.26. The van der Waals surface area contributed by atoms with E-state index in [9.17, 15) is 8.42 Å². The maximum Gasteiger partial charge on any atom is 0.271 e. The van der Waals surface area contributed by atoms with Crippen molar-refractivity contribution >= 4 is 27.0 Å². The van der Waals surface area contributed by atoms with Crippen LogP contribution in [-0.2, 0) is 16.6 Å². The van der Waals surface area contributed by atoms with E-state index in [0.717, 1.165) is 10.6 Å². The summed E-state index contributed by atoms with van der Waals surface area (Å²) >= 11 is 1.24. The van der Waals surface area contributed by atoms with Crippen LogP contribution < -0.4 is 9.46 Å². The molecule has 0 saturated heterocycles. The summed E-state index contributed by atoms with van der Waals surface area (Å²) in [5, 5.41) is 0. The summed E-state index contributed by atoms with van der Waals surface area (Å²) in [6, 6.07) is 15.8. The molecule has 0 fully saturated rings. The Hall–Kier alpha value is -2.38. The van der Waals surface area contributed by atoms with Gasteiger partial charge >= 0.3 is 0 Å². The predicted octanol–water partition coefficient (Wildman–Crippen LogP) is 3.83. The molecule has 0 bridgehead atoms. The van der Waals surface area contributed by atoms with Crippen LogP contribution in [0.3, 0.4) is 0 Å². The highest BCUT2D eigenvalue weighted by Gasteiger charge is 2.16. The van der Waals surface area contributed by atoms with Crippen LogP contribution in [-0.4, -0.2) is 13.4 Å². The number of anilines is 1. The van der Waals surface area contributed by atoms with Crippen molar-refractivity contribution in [3.63, 3.8) is 0 Å². The van der Waals surface area contributed by atoms with E-state index in [4.69, 9.17) is 4.74 Å². The molecule has 0 unspecified atom stereocenters. The average Bonchev–Trinajstić information content (AvgIpc) is 3.01. The van der Waals surface area contributed by atoms with Gasteiger partial charge in [0, 0.05) is 17.1 Å². The van der Waals surface area contributed by atoms with Gasteiger partial charge in [0.2, 0.25) is 0 Å². The van der Waals surface area contributed by atoms with Gasteiger partial charge in [-0.05, 0) is 43.3 Å². The lowest BCUT2D eigenvalue weighted by Gasteiger charge is -2.09. The fraction of sp³-hybridized carbons (Fsp3) is 0.118. The van der Waals surface area contributed by atoms with Crippen LogP contribution in [0.1, 0.15) is 10.6 Å². The maximum atomic E-state index is 12.4. The first-order valence-electron chi connectivity index (χ1n) is 7.25. The Kier molecular flexibility index (Phi) is 4.82. The number of aryl methyl sites for hydroxylation is 1. The van der Waals surface area contributed by atoms with Crippen molar-refractivity contribution in [1.29, 1.82) is 0 Å². The van der Waals surface area contributed by atoms with Crippen LogP contribution in [0, 0.1) is 6.92 Å². The van der Waals surface area contributed by atoms with E-state index in [1.807, 2.05) is 25.1 Å². The van der Waals surface area contributed by atoms with E-state index in [0.29, 0.717) is 22.3 Å². The molecule has 1 N–H and O–H groups in total. The van der Waals surface area contributed by atoms with E-state index < -0.39 is 10.0 Å². The number of hydrogen-bond donors (Lipinski definition) is 1. The van der Waals surface area contributed by atoms with Crippen molar-refractivity contribution in [1.82, 2.24) is 4.98 Å². The van der Waals surface area contributed by atoms with E-state index in [1.165, 1.54) is 11.3 Å². The number of nitrogens with zero attached hydrogens (tertiary/aromatic N) is 1. The van der Waals surface area contributed by atoms with Crippen LogP contribution in [0.4, 0.5) is 5.69 Å². The Bertz CT molecular complexity index is 922. The van der Waals surface area contributed by atoms with Gasteiger partial charge in [0.25, 0.3) is 10.0 Å². The first kappa shape index (κ1) is 16.5. The van der Waals surface area contributed by atoms with Crippen molar-refractivity contribution < 1.29 is 13.2 Å². The zero-order valence-electron chi connectivity index (χ0n) is 13.0. The maximum absolute atomic E-state index is 12.4. The summed E-state index contributed by atoms with van der Waals surface area (Å²) in [4.78, 5) is 5.13. The van der Waals surface area contributed by atoms with Crippen molar-refractivity contribution in [2.45, 2.75) is 17.7 Å². The molecular weight excluding hydrogens is 344 g/mol. The largest absolute Gasteiger partial charge is 0.487 e. The van der Waals surface area contributed by atoms with Crippen molar-refractivity contribution in [3.8, 4) is 5.75 Å². The van der Waals surface area contributed by atoms with Crippen LogP contribution in [0.2, 0.25) is 0 Å². The van der Waals surface area contributed by atoms with Crippen LogP contribution >= 0.6 is 11.3 Å². The summed E-state index contributed by atoms with van der Waals surface area (Å²) in [7, 11) is -3.58. The molecule has 0 amide bonds. The Morgan fingerprint density at radius 2 is 2.00 bits per heavy atom. The number of nitrogens with one attached hydrogen (secondary N) is 1. The average molecular weight is 360 g/mol. The number of benzene rings is 1. The second kappa shape index (κ2) is 7.02. The van der Waals surface area contributed by atoms with Gasteiger partial charge in [0.1, 0.15) is 16.6 Å². The Balaban J connectivity index is 1.71. The molecule has 2 aromatic heterocycles. The standard InChI is InChI=1S/C17H16N2O3S2/c1-13-8-9-17(23-13)24(20,21)19-14-6-4-7-16(11-14)22-12-15-5-2-3-10-18-15/h2-11,19H,12H2,1H3. The minimum Gasteiger partial charge on any atom is -0.487 e. The van der Waals surface area contributed by atoms with Gasteiger partial charge in [-0.3, -0.25) is 9.71 Å². The van der Waals surface area contributed by atoms with Gasteiger partial charge in [-0.1, -0.05) is 12.1 Å². The SMILES string of the molecule is Cc1ccc(S(=O)(=O)Nc2cccc(OCc3ccccn3)c2)s1. The third kappa shape index (κ3) is 4.12. The number of sulfonamides is 1. The number of hydrogen-bond acceptors (Lipinski definition) is 5. The molecule has 7 heteroatoms. The Morgan fingerprint density at radius 1 is 1.12 bits per heavy atom. The smallest absolute Gasteiger partial charge is 0.271 e. The summed E-state index contributed by atoms with van der Waals surface area (Å²) in [5.74, 6) is 0.572. The van der Waals surface area contributed by atoms with Gasteiger partial charge in [-0.2, -0.15) is 0 Å². The lowest BCUT2D eigenvalue weighted by atomic mass is 10.3. The molecule has 1 aromatic carbocycles. The molecule has 0 saturated carbocycles. The summed E-state index contributed by atoms with van der Waals surface area (Å²) in [6.07, 6.45) is 1.70. The molecule has 3 rings (SSSR count). The third-order valence-corrected chi connectivity index (χ3v) is 6.05. The molecule has 5 nitrogen and oxygen atoms in total. The fourth-order valence-corrected chi connectivity index (χ4v) is 4.38. The summed E-state index contributed by atoms with van der Waals surface area (Å²) in [6.45, 7) is 2.19. The first-order valence-corrected chi connectivity index (χ1v) is 9.55. The van der Waals surface area contributed by atoms with Crippen molar-refractivity contribution in [2.24, 2.45) is 0 Å². The van der Waals surface area contributed by atoms with Crippen molar-refractivity contribution in [3.05, 3.63) is 71.4 Å². The quantitative estimate of drug-likeness (QED) is 0.725.